The third kappa shape index (κ3) is 4.80. The minimum absolute atomic E-state index is 0.0767. The van der Waals surface area contributed by atoms with E-state index < -0.39 is 6.04 Å². The van der Waals surface area contributed by atoms with Crippen LogP contribution in [0.2, 0.25) is 0 Å². The predicted molar refractivity (Wildman–Crippen MR) is 111 cm³/mol. The van der Waals surface area contributed by atoms with Gasteiger partial charge in [0.15, 0.2) is 5.13 Å². The van der Waals surface area contributed by atoms with Crippen molar-refractivity contribution in [2.75, 3.05) is 5.32 Å². The smallest absolute Gasteiger partial charge is 0.251 e. The van der Waals surface area contributed by atoms with Gasteiger partial charge in [0.25, 0.3) is 5.91 Å². The van der Waals surface area contributed by atoms with Gasteiger partial charge >= 0.3 is 0 Å². The Hall–Kier alpha value is -3.06. The number of amides is 2. The zero-order chi connectivity index (χ0) is 20.1. The first kappa shape index (κ1) is 19.7. The lowest BCUT2D eigenvalue weighted by atomic mass is 10.0. The van der Waals surface area contributed by atoms with Crippen molar-refractivity contribution in [3.63, 3.8) is 0 Å². The lowest BCUT2D eigenvalue weighted by molar-refractivity contribution is -0.118. The maximum absolute atomic E-state index is 12.7. The van der Waals surface area contributed by atoms with E-state index in [1.54, 1.807) is 24.5 Å². The van der Waals surface area contributed by atoms with Crippen molar-refractivity contribution < 1.29 is 9.59 Å². The molecule has 28 heavy (non-hydrogen) atoms. The molecule has 0 spiro atoms. The SMILES string of the molecule is Cc1ccc(C(=O)N[C@H](C(=O)Nc2nc(-c3cccnc3)cs2)C(C)C)cc1. The molecule has 0 saturated heterocycles. The topological polar surface area (TPSA) is 84.0 Å². The van der Waals surface area contributed by atoms with Crippen molar-refractivity contribution >= 4 is 28.3 Å². The lowest BCUT2D eigenvalue weighted by Crippen LogP contribution is -2.47. The molecule has 0 unspecified atom stereocenters. The van der Waals surface area contributed by atoms with Gasteiger partial charge in [-0.2, -0.15) is 0 Å². The van der Waals surface area contributed by atoms with Crippen molar-refractivity contribution in [1.82, 2.24) is 15.3 Å². The maximum atomic E-state index is 12.7. The second kappa shape index (κ2) is 8.75. The fourth-order valence-electron chi connectivity index (χ4n) is 2.63. The summed E-state index contributed by atoms with van der Waals surface area (Å²) in [6.45, 7) is 5.74. The van der Waals surface area contributed by atoms with E-state index in [1.807, 2.05) is 50.4 Å². The van der Waals surface area contributed by atoms with Crippen molar-refractivity contribution in [3.8, 4) is 11.3 Å². The average molecular weight is 395 g/mol. The molecule has 2 amide bonds. The lowest BCUT2D eigenvalue weighted by Gasteiger charge is -2.21. The second-order valence-corrected chi connectivity index (χ2v) is 7.69. The van der Waals surface area contributed by atoms with Gasteiger partial charge in [-0.1, -0.05) is 31.5 Å². The fraction of sp³-hybridized carbons (Fsp3) is 0.238. The number of thiazole rings is 1. The minimum atomic E-state index is -0.667. The third-order valence-electron chi connectivity index (χ3n) is 4.24. The maximum Gasteiger partial charge on any atom is 0.251 e. The standard InChI is InChI=1S/C21H22N4O2S/c1-13(2)18(24-19(26)15-8-6-14(3)7-9-15)20(27)25-21-23-17(12-28-21)16-5-4-10-22-11-16/h4-13,18H,1-3H3,(H,24,26)(H,23,25,27)/t18-/m0/s1. The Morgan fingerprint density at radius 2 is 1.86 bits per heavy atom. The van der Waals surface area contributed by atoms with Crippen molar-refractivity contribution in [3.05, 3.63) is 65.3 Å². The summed E-state index contributed by atoms with van der Waals surface area (Å²) in [7, 11) is 0. The number of anilines is 1. The van der Waals surface area contributed by atoms with Crippen LogP contribution in [0.5, 0.6) is 0 Å². The first-order chi connectivity index (χ1) is 13.4. The van der Waals surface area contributed by atoms with Crippen molar-refractivity contribution in [2.45, 2.75) is 26.8 Å². The molecule has 3 rings (SSSR count). The molecule has 6 nitrogen and oxygen atoms in total. The molecule has 0 aliphatic heterocycles. The fourth-order valence-corrected chi connectivity index (χ4v) is 3.35. The van der Waals surface area contributed by atoms with Crippen LogP contribution < -0.4 is 10.6 Å². The highest BCUT2D eigenvalue weighted by Crippen LogP contribution is 2.24. The molecule has 7 heteroatoms. The molecule has 2 N–H and O–H groups in total. The van der Waals surface area contributed by atoms with Gasteiger partial charge in [0.05, 0.1) is 5.69 Å². The molecule has 1 atom stereocenters. The van der Waals surface area contributed by atoms with Gasteiger partial charge in [0.1, 0.15) is 6.04 Å². The van der Waals surface area contributed by atoms with E-state index in [2.05, 4.69) is 20.6 Å². The highest BCUT2D eigenvalue weighted by molar-refractivity contribution is 7.14. The molecule has 2 aromatic heterocycles. The quantitative estimate of drug-likeness (QED) is 0.664. The van der Waals surface area contributed by atoms with Crippen LogP contribution in [-0.2, 0) is 4.79 Å². The van der Waals surface area contributed by atoms with Crippen LogP contribution in [0.15, 0.2) is 54.2 Å². The summed E-state index contributed by atoms with van der Waals surface area (Å²) in [5, 5.41) is 7.99. The van der Waals surface area contributed by atoms with Crippen LogP contribution in [0.1, 0.15) is 29.8 Å². The number of carbonyl (C=O) groups is 2. The van der Waals surface area contributed by atoms with Gasteiger partial charge in [-0.15, -0.1) is 11.3 Å². The Labute approximate surface area is 168 Å². The summed E-state index contributed by atoms with van der Waals surface area (Å²) in [5.74, 6) is -0.640. The van der Waals surface area contributed by atoms with Gasteiger partial charge in [0, 0.05) is 28.9 Å². The number of hydrogen-bond donors (Lipinski definition) is 2. The number of aryl methyl sites for hydroxylation is 1. The van der Waals surface area contributed by atoms with Gasteiger partial charge in [-0.3, -0.25) is 14.6 Å². The molecule has 144 valence electrons. The average Bonchev–Trinajstić information content (AvgIpc) is 3.15. The van der Waals surface area contributed by atoms with E-state index in [-0.39, 0.29) is 17.7 Å². The van der Waals surface area contributed by atoms with Gasteiger partial charge in [-0.25, -0.2) is 4.98 Å². The molecule has 0 bridgehead atoms. The van der Waals surface area contributed by atoms with Gasteiger partial charge in [-0.05, 0) is 37.1 Å². The van der Waals surface area contributed by atoms with Crippen molar-refractivity contribution in [1.29, 1.82) is 0 Å². The number of nitrogens with one attached hydrogen (secondary N) is 2. The zero-order valence-electron chi connectivity index (χ0n) is 16.0. The zero-order valence-corrected chi connectivity index (χ0v) is 16.8. The van der Waals surface area contributed by atoms with Crippen LogP contribution in [0.25, 0.3) is 11.3 Å². The van der Waals surface area contributed by atoms with Gasteiger partial charge < -0.3 is 10.6 Å². The normalized spacial score (nSPS) is 11.9. The number of pyridine rings is 1. The third-order valence-corrected chi connectivity index (χ3v) is 5.00. The molecule has 0 aliphatic rings. The summed E-state index contributed by atoms with van der Waals surface area (Å²) >= 11 is 1.34. The first-order valence-corrected chi connectivity index (χ1v) is 9.86. The first-order valence-electron chi connectivity index (χ1n) is 8.98. The predicted octanol–water partition coefficient (Wildman–Crippen LogP) is 3.91. The molecule has 0 aliphatic carbocycles. The van der Waals surface area contributed by atoms with E-state index in [0.29, 0.717) is 10.7 Å². The van der Waals surface area contributed by atoms with Crippen LogP contribution in [0, 0.1) is 12.8 Å². The summed E-state index contributed by atoms with van der Waals surface area (Å²) in [5.41, 5.74) is 3.23. The monoisotopic (exact) mass is 394 g/mol. The number of nitrogens with zero attached hydrogens (tertiary/aromatic N) is 2. The van der Waals surface area contributed by atoms with E-state index in [0.717, 1.165) is 16.8 Å². The van der Waals surface area contributed by atoms with Gasteiger partial charge in [0.2, 0.25) is 5.91 Å². The minimum Gasteiger partial charge on any atom is -0.340 e. The molecular weight excluding hydrogens is 372 g/mol. The molecule has 0 radical (unpaired) electrons. The Balaban J connectivity index is 1.69. The molecule has 1 aromatic carbocycles. The molecule has 2 heterocycles. The number of hydrogen-bond acceptors (Lipinski definition) is 5. The Morgan fingerprint density at radius 1 is 1.11 bits per heavy atom. The number of rotatable bonds is 6. The largest absolute Gasteiger partial charge is 0.340 e. The molecule has 3 aromatic rings. The Morgan fingerprint density at radius 3 is 2.50 bits per heavy atom. The summed E-state index contributed by atoms with van der Waals surface area (Å²) < 4.78 is 0. The summed E-state index contributed by atoms with van der Waals surface area (Å²) in [6, 6.07) is 10.3. The van der Waals surface area contributed by atoms with Crippen LogP contribution in [0.4, 0.5) is 5.13 Å². The highest BCUT2D eigenvalue weighted by atomic mass is 32.1. The number of aromatic nitrogens is 2. The number of carbonyl (C=O) groups excluding carboxylic acids is 2. The van der Waals surface area contributed by atoms with Crippen LogP contribution in [-0.4, -0.2) is 27.8 Å². The van der Waals surface area contributed by atoms with Crippen LogP contribution >= 0.6 is 11.3 Å². The number of benzene rings is 1. The highest BCUT2D eigenvalue weighted by Gasteiger charge is 2.25. The van der Waals surface area contributed by atoms with E-state index in [4.69, 9.17) is 0 Å². The Kier molecular flexibility index (Phi) is 6.16. The molecular formula is C21H22N4O2S. The van der Waals surface area contributed by atoms with E-state index >= 15 is 0 Å². The van der Waals surface area contributed by atoms with E-state index in [9.17, 15) is 9.59 Å². The molecule has 0 fully saturated rings. The Bertz CT molecular complexity index is 952. The van der Waals surface area contributed by atoms with Crippen molar-refractivity contribution in [2.24, 2.45) is 5.92 Å². The van der Waals surface area contributed by atoms with Crippen LogP contribution in [0.3, 0.4) is 0 Å². The van der Waals surface area contributed by atoms with E-state index in [1.165, 1.54) is 11.3 Å². The summed E-state index contributed by atoms with van der Waals surface area (Å²) in [4.78, 5) is 33.8. The molecule has 0 saturated carbocycles. The second-order valence-electron chi connectivity index (χ2n) is 6.83. The summed E-state index contributed by atoms with van der Waals surface area (Å²) in [6.07, 6.45) is 3.42.